The first kappa shape index (κ1) is 13.7. The maximum atomic E-state index is 13.0. The molecule has 2 N–H and O–H groups in total. The molecule has 21 heavy (non-hydrogen) atoms. The highest BCUT2D eigenvalue weighted by atomic mass is 19.1. The molecule has 108 valence electrons. The third-order valence-electron chi connectivity index (χ3n) is 3.87. The molecule has 4 nitrogen and oxygen atoms in total. The molecule has 5 heteroatoms. The molecular formula is C16H16FN3O. The lowest BCUT2D eigenvalue weighted by molar-refractivity contribution is 0.0963. The van der Waals surface area contributed by atoms with Crippen molar-refractivity contribution in [3.63, 3.8) is 0 Å². The third-order valence-corrected chi connectivity index (χ3v) is 3.87. The number of aryl methyl sites for hydroxylation is 1. The molecule has 0 saturated heterocycles. The SMILES string of the molecule is CCc1nc(N)c2c(n1)C[C@H](c1ccc(F)cc1)CC2=O. The summed E-state index contributed by atoms with van der Waals surface area (Å²) in [6.07, 6.45) is 1.66. The zero-order valence-electron chi connectivity index (χ0n) is 11.8. The van der Waals surface area contributed by atoms with Crippen molar-refractivity contribution < 1.29 is 9.18 Å². The second-order valence-corrected chi connectivity index (χ2v) is 5.28. The molecule has 1 atom stereocenters. The van der Waals surface area contributed by atoms with E-state index in [9.17, 15) is 9.18 Å². The van der Waals surface area contributed by atoms with Crippen LogP contribution in [0.5, 0.6) is 0 Å². The normalized spacial score (nSPS) is 17.6. The standard InChI is InChI=1S/C16H16FN3O/c1-2-14-19-12-7-10(9-3-5-11(17)6-4-9)8-13(21)15(12)16(18)20-14/h3-6,10H,2,7-8H2,1H3,(H2,18,19,20)/t10-/m0/s1. The van der Waals surface area contributed by atoms with Gasteiger partial charge in [0.15, 0.2) is 5.78 Å². The number of aromatic nitrogens is 2. The molecule has 1 aromatic carbocycles. The number of halogens is 1. The Labute approximate surface area is 122 Å². The molecule has 0 saturated carbocycles. The topological polar surface area (TPSA) is 68.9 Å². The van der Waals surface area contributed by atoms with E-state index in [0.717, 1.165) is 5.56 Å². The zero-order valence-corrected chi connectivity index (χ0v) is 11.8. The summed E-state index contributed by atoms with van der Waals surface area (Å²) >= 11 is 0. The minimum absolute atomic E-state index is 0.0182. The van der Waals surface area contributed by atoms with Crippen LogP contribution in [0.1, 0.15) is 46.7 Å². The lowest BCUT2D eigenvalue weighted by atomic mass is 9.82. The Kier molecular flexibility index (Phi) is 3.41. The molecule has 0 amide bonds. The fourth-order valence-electron chi connectivity index (χ4n) is 2.79. The first-order valence-electron chi connectivity index (χ1n) is 7.02. The quantitative estimate of drug-likeness (QED) is 0.921. The summed E-state index contributed by atoms with van der Waals surface area (Å²) in [6, 6.07) is 6.29. The largest absolute Gasteiger partial charge is 0.383 e. The van der Waals surface area contributed by atoms with Gasteiger partial charge in [-0.25, -0.2) is 14.4 Å². The number of benzene rings is 1. The van der Waals surface area contributed by atoms with E-state index < -0.39 is 0 Å². The second-order valence-electron chi connectivity index (χ2n) is 5.28. The Morgan fingerprint density at radius 1 is 1.24 bits per heavy atom. The summed E-state index contributed by atoms with van der Waals surface area (Å²) in [4.78, 5) is 20.9. The highest BCUT2D eigenvalue weighted by Crippen LogP contribution is 2.33. The van der Waals surface area contributed by atoms with Crippen LogP contribution in [0.25, 0.3) is 0 Å². The fourth-order valence-corrected chi connectivity index (χ4v) is 2.79. The number of anilines is 1. The van der Waals surface area contributed by atoms with Gasteiger partial charge in [-0.15, -0.1) is 0 Å². The van der Waals surface area contributed by atoms with Crippen molar-refractivity contribution in [2.75, 3.05) is 5.73 Å². The monoisotopic (exact) mass is 285 g/mol. The lowest BCUT2D eigenvalue weighted by Crippen LogP contribution is -2.23. The third kappa shape index (κ3) is 2.51. The number of carbonyl (C=O) groups excluding carboxylic acids is 1. The van der Waals surface area contributed by atoms with Gasteiger partial charge < -0.3 is 5.73 Å². The Bertz CT molecular complexity index is 697. The van der Waals surface area contributed by atoms with Gasteiger partial charge in [-0.2, -0.15) is 0 Å². The van der Waals surface area contributed by atoms with Crippen molar-refractivity contribution in [1.82, 2.24) is 9.97 Å². The predicted octanol–water partition coefficient (Wildman–Crippen LogP) is 2.67. The molecule has 2 aromatic rings. The molecule has 0 radical (unpaired) electrons. The highest BCUT2D eigenvalue weighted by molar-refractivity contribution is 6.02. The molecule has 0 spiro atoms. The number of ketones is 1. The van der Waals surface area contributed by atoms with E-state index in [4.69, 9.17) is 5.73 Å². The number of nitrogens with two attached hydrogens (primary N) is 1. The van der Waals surface area contributed by atoms with Gasteiger partial charge in [-0.1, -0.05) is 19.1 Å². The van der Waals surface area contributed by atoms with Gasteiger partial charge in [-0.05, 0) is 30.0 Å². The van der Waals surface area contributed by atoms with Crippen LogP contribution in [0.3, 0.4) is 0 Å². The molecule has 1 aliphatic rings. The Balaban J connectivity index is 1.99. The fraction of sp³-hybridized carbons (Fsp3) is 0.312. The molecule has 0 bridgehead atoms. The Morgan fingerprint density at radius 2 is 1.95 bits per heavy atom. The average Bonchev–Trinajstić information content (AvgIpc) is 2.46. The molecule has 0 unspecified atom stereocenters. The molecule has 1 aromatic heterocycles. The van der Waals surface area contributed by atoms with E-state index in [1.807, 2.05) is 6.92 Å². The summed E-state index contributed by atoms with van der Waals surface area (Å²) in [5, 5.41) is 0. The van der Waals surface area contributed by atoms with Crippen LogP contribution in [0.15, 0.2) is 24.3 Å². The molecule has 0 aliphatic heterocycles. The minimum Gasteiger partial charge on any atom is -0.383 e. The second kappa shape index (κ2) is 5.24. The van der Waals surface area contributed by atoms with Gasteiger partial charge in [-0.3, -0.25) is 4.79 Å². The van der Waals surface area contributed by atoms with E-state index in [0.29, 0.717) is 36.3 Å². The van der Waals surface area contributed by atoms with Crippen molar-refractivity contribution in [1.29, 1.82) is 0 Å². The van der Waals surface area contributed by atoms with E-state index in [2.05, 4.69) is 9.97 Å². The zero-order chi connectivity index (χ0) is 15.0. The maximum absolute atomic E-state index is 13.0. The summed E-state index contributed by atoms with van der Waals surface area (Å²) < 4.78 is 13.0. The highest BCUT2D eigenvalue weighted by Gasteiger charge is 2.30. The van der Waals surface area contributed by atoms with Gasteiger partial charge >= 0.3 is 0 Å². The Morgan fingerprint density at radius 3 is 2.62 bits per heavy atom. The first-order chi connectivity index (χ1) is 10.1. The van der Waals surface area contributed by atoms with E-state index in [-0.39, 0.29) is 23.3 Å². The first-order valence-corrected chi connectivity index (χ1v) is 7.02. The van der Waals surface area contributed by atoms with Crippen molar-refractivity contribution >= 4 is 11.6 Å². The van der Waals surface area contributed by atoms with Gasteiger partial charge in [0, 0.05) is 12.8 Å². The molecule has 3 rings (SSSR count). The van der Waals surface area contributed by atoms with Crippen molar-refractivity contribution in [2.24, 2.45) is 0 Å². The summed E-state index contributed by atoms with van der Waals surface area (Å²) in [7, 11) is 0. The van der Waals surface area contributed by atoms with E-state index >= 15 is 0 Å². The number of nitrogens with zero attached hydrogens (tertiary/aromatic N) is 2. The maximum Gasteiger partial charge on any atom is 0.169 e. The minimum atomic E-state index is -0.277. The Hall–Kier alpha value is -2.30. The molecule has 1 aliphatic carbocycles. The van der Waals surface area contributed by atoms with Crippen molar-refractivity contribution in [3.8, 4) is 0 Å². The van der Waals surface area contributed by atoms with Gasteiger partial charge in [0.2, 0.25) is 0 Å². The van der Waals surface area contributed by atoms with Gasteiger partial charge in [0.1, 0.15) is 17.5 Å². The molecule has 0 fully saturated rings. The van der Waals surface area contributed by atoms with E-state index in [1.54, 1.807) is 12.1 Å². The van der Waals surface area contributed by atoms with Crippen molar-refractivity contribution in [3.05, 3.63) is 52.7 Å². The number of Topliss-reactive ketones (excluding diaryl/α,β-unsaturated/α-hetero) is 1. The van der Waals surface area contributed by atoms with Crippen LogP contribution in [-0.2, 0) is 12.8 Å². The molecular weight excluding hydrogens is 269 g/mol. The number of hydrogen-bond donors (Lipinski definition) is 1. The summed E-state index contributed by atoms with van der Waals surface area (Å²) in [5.74, 6) is 0.634. The number of carbonyl (C=O) groups is 1. The summed E-state index contributed by atoms with van der Waals surface area (Å²) in [5.41, 5.74) is 8.02. The van der Waals surface area contributed by atoms with Crippen LogP contribution in [0.2, 0.25) is 0 Å². The lowest BCUT2D eigenvalue weighted by Gasteiger charge is -2.24. The molecule has 1 heterocycles. The predicted molar refractivity (Wildman–Crippen MR) is 77.6 cm³/mol. The average molecular weight is 285 g/mol. The van der Waals surface area contributed by atoms with Crippen LogP contribution in [-0.4, -0.2) is 15.8 Å². The van der Waals surface area contributed by atoms with Gasteiger partial charge in [0.05, 0.1) is 11.3 Å². The number of hydrogen-bond acceptors (Lipinski definition) is 4. The number of rotatable bonds is 2. The van der Waals surface area contributed by atoms with Gasteiger partial charge in [0.25, 0.3) is 0 Å². The smallest absolute Gasteiger partial charge is 0.169 e. The van der Waals surface area contributed by atoms with Crippen LogP contribution < -0.4 is 5.73 Å². The van der Waals surface area contributed by atoms with Crippen LogP contribution in [0.4, 0.5) is 10.2 Å². The van der Waals surface area contributed by atoms with Crippen LogP contribution in [0, 0.1) is 5.82 Å². The van der Waals surface area contributed by atoms with Crippen molar-refractivity contribution in [2.45, 2.75) is 32.1 Å². The summed E-state index contributed by atoms with van der Waals surface area (Å²) in [6.45, 7) is 1.95. The van der Waals surface area contributed by atoms with E-state index in [1.165, 1.54) is 12.1 Å². The number of nitrogen functional groups attached to an aromatic ring is 1. The number of fused-ring (bicyclic) bond motifs is 1. The van der Waals surface area contributed by atoms with Crippen LogP contribution >= 0.6 is 0 Å².